The van der Waals surface area contributed by atoms with Crippen molar-refractivity contribution in [3.8, 4) is 5.75 Å². The first-order chi connectivity index (χ1) is 13.4. The van der Waals surface area contributed by atoms with Crippen LogP contribution in [0, 0.1) is 13.8 Å². The van der Waals surface area contributed by atoms with Gasteiger partial charge in [-0.3, -0.25) is 4.79 Å². The van der Waals surface area contributed by atoms with Gasteiger partial charge in [-0.05, 0) is 69.2 Å². The molecule has 150 valence electrons. The van der Waals surface area contributed by atoms with E-state index in [-0.39, 0.29) is 12.5 Å². The Labute approximate surface area is 165 Å². The summed E-state index contributed by atoms with van der Waals surface area (Å²) in [6.45, 7) is 8.59. The molecule has 1 atom stereocenters. The zero-order valence-electron chi connectivity index (χ0n) is 16.8. The molecule has 0 unspecified atom stereocenters. The lowest BCUT2D eigenvalue weighted by atomic mass is 10.1. The predicted octanol–water partition coefficient (Wildman–Crippen LogP) is 3.90. The van der Waals surface area contributed by atoms with E-state index in [0.29, 0.717) is 24.5 Å². The molecule has 0 aromatic heterocycles. The average molecular weight is 385 g/mol. The first kappa shape index (κ1) is 21.4. The molecule has 2 aromatic carbocycles. The van der Waals surface area contributed by atoms with Crippen LogP contribution in [0.1, 0.15) is 35.3 Å². The number of carbonyl (C=O) groups excluding carboxylic acids is 2. The highest BCUT2D eigenvalue weighted by atomic mass is 16.6. The number of amides is 1. The largest absolute Gasteiger partial charge is 0.479 e. The van der Waals surface area contributed by atoms with Crippen LogP contribution in [0.15, 0.2) is 42.5 Å². The lowest BCUT2D eigenvalue weighted by Gasteiger charge is -2.14. The Morgan fingerprint density at radius 3 is 2.43 bits per heavy atom. The molecule has 0 spiro atoms. The van der Waals surface area contributed by atoms with Gasteiger partial charge in [-0.25, -0.2) is 4.79 Å². The van der Waals surface area contributed by atoms with Crippen molar-refractivity contribution < 1.29 is 23.8 Å². The number of nitrogens with one attached hydrogen (secondary N) is 1. The van der Waals surface area contributed by atoms with Crippen molar-refractivity contribution >= 4 is 17.6 Å². The normalized spacial score (nSPS) is 11.6. The summed E-state index contributed by atoms with van der Waals surface area (Å²) in [5.74, 6) is -0.183. The van der Waals surface area contributed by atoms with E-state index in [1.807, 2.05) is 39.0 Å². The molecule has 0 fully saturated rings. The maximum atomic E-state index is 12.5. The Hall–Kier alpha value is -2.86. The number of carbonyl (C=O) groups is 2. The third-order valence-electron chi connectivity index (χ3n) is 4.29. The summed E-state index contributed by atoms with van der Waals surface area (Å²) >= 11 is 0. The van der Waals surface area contributed by atoms with Crippen LogP contribution < -0.4 is 10.1 Å². The number of aryl methyl sites for hydroxylation is 1. The van der Waals surface area contributed by atoms with Gasteiger partial charge < -0.3 is 19.5 Å². The Balaban J connectivity index is 1.91. The van der Waals surface area contributed by atoms with E-state index in [4.69, 9.17) is 14.2 Å². The average Bonchev–Trinajstić information content (AvgIpc) is 2.69. The smallest absolute Gasteiger partial charge is 0.347 e. The maximum absolute atomic E-state index is 12.5. The minimum atomic E-state index is -0.753. The second-order valence-corrected chi connectivity index (χ2v) is 6.35. The van der Waals surface area contributed by atoms with Crippen LogP contribution in [-0.4, -0.2) is 37.8 Å². The van der Waals surface area contributed by atoms with Gasteiger partial charge >= 0.3 is 5.97 Å². The molecule has 0 radical (unpaired) electrons. The van der Waals surface area contributed by atoms with Crippen LogP contribution in [0.4, 0.5) is 5.69 Å². The first-order valence-electron chi connectivity index (χ1n) is 9.31. The molecule has 0 heterocycles. The Kier molecular flexibility index (Phi) is 8.02. The molecule has 1 amide bonds. The molecule has 2 rings (SSSR count). The monoisotopic (exact) mass is 385 g/mol. The molecule has 6 nitrogen and oxygen atoms in total. The van der Waals surface area contributed by atoms with E-state index in [9.17, 15) is 9.59 Å². The second kappa shape index (κ2) is 10.5. The van der Waals surface area contributed by atoms with Gasteiger partial charge in [-0.2, -0.15) is 0 Å². The van der Waals surface area contributed by atoms with E-state index >= 15 is 0 Å². The minimum Gasteiger partial charge on any atom is -0.479 e. The molecular formula is C22H27NO5. The van der Waals surface area contributed by atoms with Crippen LogP contribution in [0.25, 0.3) is 0 Å². The van der Waals surface area contributed by atoms with E-state index in [2.05, 4.69) is 5.32 Å². The van der Waals surface area contributed by atoms with Crippen LogP contribution in [0.5, 0.6) is 5.75 Å². The van der Waals surface area contributed by atoms with E-state index in [0.717, 1.165) is 16.8 Å². The lowest BCUT2D eigenvalue weighted by molar-refractivity contribution is -0.152. The van der Waals surface area contributed by atoms with Crippen LogP contribution >= 0.6 is 0 Å². The molecule has 0 aliphatic carbocycles. The fraction of sp³-hybridized carbons (Fsp3) is 0.364. The highest BCUT2D eigenvalue weighted by molar-refractivity contribution is 6.04. The fourth-order valence-corrected chi connectivity index (χ4v) is 2.48. The molecule has 0 aliphatic rings. The summed E-state index contributed by atoms with van der Waals surface area (Å²) in [6, 6.07) is 12.4. The number of benzene rings is 2. The van der Waals surface area contributed by atoms with Gasteiger partial charge in [0.25, 0.3) is 5.91 Å². The van der Waals surface area contributed by atoms with E-state index in [1.54, 1.807) is 31.2 Å². The van der Waals surface area contributed by atoms with E-state index < -0.39 is 12.1 Å². The third kappa shape index (κ3) is 6.09. The van der Waals surface area contributed by atoms with Crippen LogP contribution in [0.3, 0.4) is 0 Å². The SMILES string of the molecule is CCOCCOC(=O)[C@@H](C)Oc1ccc(C(=O)Nc2cccc(C)c2C)cc1. The Morgan fingerprint density at radius 2 is 1.75 bits per heavy atom. The molecule has 0 aliphatic heterocycles. The Morgan fingerprint density at radius 1 is 1.04 bits per heavy atom. The van der Waals surface area contributed by atoms with Crippen molar-refractivity contribution in [2.75, 3.05) is 25.1 Å². The summed E-state index contributed by atoms with van der Waals surface area (Å²) in [4.78, 5) is 24.3. The molecule has 0 saturated carbocycles. The van der Waals surface area contributed by atoms with Gasteiger partial charge in [0, 0.05) is 17.9 Å². The minimum absolute atomic E-state index is 0.192. The summed E-state index contributed by atoms with van der Waals surface area (Å²) < 4.78 is 15.8. The van der Waals surface area contributed by atoms with Crippen molar-refractivity contribution in [1.29, 1.82) is 0 Å². The number of hydrogen-bond donors (Lipinski definition) is 1. The maximum Gasteiger partial charge on any atom is 0.347 e. The number of anilines is 1. The molecule has 6 heteroatoms. The van der Waals surface area contributed by atoms with Crippen molar-refractivity contribution in [3.05, 3.63) is 59.2 Å². The van der Waals surface area contributed by atoms with Crippen molar-refractivity contribution in [1.82, 2.24) is 0 Å². The zero-order chi connectivity index (χ0) is 20.5. The van der Waals surface area contributed by atoms with Crippen LogP contribution in [0.2, 0.25) is 0 Å². The number of esters is 1. The quantitative estimate of drug-likeness (QED) is 0.523. The van der Waals surface area contributed by atoms with Crippen molar-refractivity contribution in [2.24, 2.45) is 0 Å². The fourth-order valence-electron chi connectivity index (χ4n) is 2.48. The molecule has 28 heavy (non-hydrogen) atoms. The Bertz CT molecular complexity index is 801. The summed E-state index contributed by atoms with van der Waals surface area (Å²) in [5.41, 5.74) is 3.44. The van der Waals surface area contributed by atoms with Gasteiger partial charge in [-0.15, -0.1) is 0 Å². The summed E-state index contributed by atoms with van der Waals surface area (Å²) in [6.07, 6.45) is -0.753. The summed E-state index contributed by atoms with van der Waals surface area (Å²) in [7, 11) is 0. The van der Waals surface area contributed by atoms with Gasteiger partial charge in [-0.1, -0.05) is 12.1 Å². The lowest BCUT2D eigenvalue weighted by Crippen LogP contribution is -2.27. The molecule has 2 aromatic rings. The van der Waals surface area contributed by atoms with Gasteiger partial charge in [0.05, 0.1) is 6.61 Å². The van der Waals surface area contributed by atoms with Gasteiger partial charge in [0.15, 0.2) is 6.10 Å². The molecule has 0 saturated heterocycles. The zero-order valence-corrected chi connectivity index (χ0v) is 16.8. The first-order valence-corrected chi connectivity index (χ1v) is 9.31. The summed E-state index contributed by atoms with van der Waals surface area (Å²) in [5, 5.41) is 2.91. The predicted molar refractivity (Wildman–Crippen MR) is 108 cm³/mol. The highest BCUT2D eigenvalue weighted by Crippen LogP contribution is 2.20. The molecular weight excluding hydrogens is 358 g/mol. The highest BCUT2D eigenvalue weighted by Gasteiger charge is 2.16. The number of ether oxygens (including phenoxy) is 3. The third-order valence-corrected chi connectivity index (χ3v) is 4.29. The van der Waals surface area contributed by atoms with Crippen molar-refractivity contribution in [2.45, 2.75) is 33.8 Å². The van der Waals surface area contributed by atoms with E-state index in [1.165, 1.54) is 0 Å². The van der Waals surface area contributed by atoms with Gasteiger partial charge in [0.1, 0.15) is 12.4 Å². The molecule has 0 bridgehead atoms. The standard InChI is InChI=1S/C22H27NO5/c1-5-26-13-14-27-22(25)17(4)28-19-11-9-18(10-12-19)21(24)23-20-8-6-7-15(2)16(20)3/h6-12,17H,5,13-14H2,1-4H3,(H,23,24)/t17-/m1/s1. The molecule has 1 N–H and O–H groups in total. The van der Waals surface area contributed by atoms with Crippen molar-refractivity contribution in [3.63, 3.8) is 0 Å². The number of rotatable bonds is 9. The van der Waals surface area contributed by atoms with Crippen LogP contribution in [-0.2, 0) is 14.3 Å². The second-order valence-electron chi connectivity index (χ2n) is 6.35. The topological polar surface area (TPSA) is 73.9 Å². The number of hydrogen-bond acceptors (Lipinski definition) is 5. The van der Waals surface area contributed by atoms with Gasteiger partial charge in [0.2, 0.25) is 0 Å².